The fourth-order valence-electron chi connectivity index (χ4n) is 2.46. The second-order valence-corrected chi connectivity index (χ2v) is 5.85. The molecule has 0 fully saturated rings. The van der Waals surface area contributed by atoms with E-state index in [1.807, 2.05) is 26.0 Å². The SMILES string of the molecule is C=CCOc1ccc(C(CC)CC(C)(C)C(=O)OC)cc1. The zero-order chi connectivity index (χ0) is 15.9. The largest absolute Gasteiger partial charge is 0.490 e. The van der Waals surface area contributed by atoms with E-state index in [1.54, 1.807) is 6.08 Å². The second kappa shape index (κ2) is 7.87. The Labute approximate surface area is 128 Å². The van der Waals surface area contributed by atoms with Crippen LogP contribution in [-0.2, 0) is 9.53 Å². The molecule has 0 saturated heterocycles. The summed E-state index contributed by atoms with van der Waals surface area (Å²) < 4.78 is 10.4. The van der Waals surface area contributed by atoms with Crippen LogP contribution in [0.4, 0.5) is 0 Å². The summed E-state index contributed by atoms with van der Waals surface area (Å²) in [5.74, 6) is 1.00. The van der Waals surface area contributed by atoms with Gasteiger partial charge in [-0.05, 0) is 50.3 Å². The number of hydrogen-bond donors (Lipinski definition) is 0. The predicted molar refractivity (Wildman–Crippen MR) is 85.6 cm³/mol. The number of rotatable bonds is 8. The average molecular weight is 290 g/mol. The first-order valence-electron chi connectivity index (χ1n) is 7.36. The first-order chi connectivity index (χ1) is 9.94. The van der Waals surface area contributed by atoms with E-state index in [4.69, 9.17) is 9.47 Å². The minimum Gasteiger partial charge on any atom is -0.490 e. The van der Waals surface area contributed by atoms with Crippen LogP contribution in [0.25, 0.3) is 0 Å². The zero-order valence-corrected chi connectivity index (χ0v) is 13.5. The van der Waals surface area contributed by atoms with Gasteiger partial charge in [0.25, 0.3) is 0 Å². The number of carbonyl (C=O) groups excluding carboxylic acids is 1. The van der Waals surface area contributed by atoms with Gasteiger partial charge in [-0.1, -0.05) is 31.7 Å². The van der Waals surface area contributed by atoms with E-state index in [2.05, 4.69) is 25.6 Å². The molecule has 0 aromatic heterocycles. The van der Waals surface area contributed by atoms with Gasteiger partial charge in [-0.15, -0.1) is 0 Å². The Kier molecular flexibility index (Phi) is 6.47. The van der Waals surface area contributed by atoms with Crippen LogP contribution in [0.15, 0.2) is 36.9 Å². The Bertz CT molecular complexity index is 460. The quantitative estimate of drug-likeness (QED) is 0.528. The molecule has 1 unspecified atom stereocenters. The van der Waals surface area contributed by atoms with Crippen molar-refractivity contribution in [3.05, 3.63) is 42.5 Å². The molecule has 3 nitrogen and oxygen atoms in total. The molecule has 0 bridgehead atoms. The maximum absolute atomic E-state index is 11.8. The summed E-state index contributed by atoms with van der Waals surface area (Å²) in [5, 5.41) is 0. The molecule has 0 saturated carbocycles. The standard InChI is InChI=1S/C18H26O3/c1-6-12-21-16-10-8-15(9-11-16)14(7-2)13-18(3,4)17(19)20-5/h6,8-11,14H,1,7,12-13H2,2-5H3. The molecule has 3 heteroatoms. The fourth-order valence-corrected chi connectivity index (χ4v) is 2.46. The number of esters is 1. The topological polar surface area (TPSA) is 35.5 Å². The molecular formula is C18H26O3. The van der Waals surface area contributed by atoms with Crippen molar-refractivity contribution < 1.29 is 14.3 Å². The molecule has 21 heavy (non-hydrogen) atoms. The predicted octanol–water partition coefficient (Wildman–Crippen LogP) is 4.33. The number of methoxy groups -OCH3 is 1. The van der Waals surface area contributed by atoms with Gasteiger partial charge in [-0.25, -0.2) is 0 Å². The van der Waals surface area contributed by atoms with Gasteiger partial charge in [0.2, 0.25) is 0 Å². The van der Waals surface area contributed by atoms with Crippen LogP contribution >= 0.6 is 0 Å². The normalized spacial score (nSPS) is 12.6. The lowest BCUT2D eigenvalue weighted by Gasteiger charge is -2.27. The lowest BCUT2D eigenvalue weighted by atomic mass is 9.79. The minimum atomic E-state index is -0.479. The molecule has 1 rings (SSSR count). The van der Waals surface area contributed by atoms with Crippen molar-refractivity contribution in [3.8, 4) is 5.75 Å². The third-order valence-electron chi connectivity index (χ3n) is 3.71. The van der Waals surface area contributed by atoms with E-state index >= 15 is 0 Å². The summed E-state index contributed by atoms with van der Waals surface area (Å²) in [7, 11) is 1.44. The molecule has 0 heterocycles. The van der Waals surface area contributed by atoms with Crippen LogP contribution in [-0.4, -0.2) is 19.7 Å². The van der Waals surface area contributed by atoms with Crippen LogP contribution in [0.3, 0.4) is 0 Å². The highest BCUT2D eigenvalue weighted by Crippen LogP contribution is 2.35. The van der Waals surface area contributed by atoms with Gasteiger partial charge in [0.05, 0.1) is 12.5 Å². The summed E-state index contributed by atoms with van der Waals surface area (Å²) in [6.07, 6.45) is 3.47. The van der Waals surface area contributed by atoms with Crippen molar-refractivity contribution in [2.45, 2.75) is 39.5 Å². The molecular weight excluding hydrogens is 264 g/mol. The number of carbonyl (C=O) groups is 1. The van der Waals surface area contributed by atoms with Gasteiger partial charge in [0, 0.05) is 0 Å². The van der Waals surface area contributed by atoms with E-state index < -0.39 is 5.41 Å². The molecule has 1 atom stereocenters. The average Bonchev–Trinajstić information content (AvgIpc) is 2.50. The van der Waals surface area contributed by atoms with Crippen molar-refractivity contribution in [2.75, 3.05) is 13.7 Å². The van der Waals surface area contributed by atoms with Crippen molar-refractivity contribution in [2.24, 2.45) is 5.41 Å². The first-order valence-corrected chi connectivity index (χ1v) is 7.36. The molecule has 0 spiro atoms. The van der Waals surface area contributed by atoms with E-state index in [0.29, 0.717) is 12.5 Å². The van der Waals surface area contributed by atoms with Gasteiger partial charge < -0.3 is 9.47 Å². The summed E-state index contributed by atoms with van der Waals surface area (Å²) in [5.41, 5.74) is 0.744. The van der Waals surface area contributed by atoms with Crippen LogP contribution in [0.2, 0.25) is 0 Å². The van der Waals surface area contributed by atoms with Crippen LogP contribution in [0.5, 0.6) is 5.75 Å². The van der Waals surface area contributed by atoms with Gasteiger partial charge in [0.15, 0.2) is 0 Å². The Morgan fingerprint density at radius 1 is 1.33 bits per heavy atom. The van der Waals surface area contributed by atoms with E-state index in [9.17, 15) is 4.79 Å². The third kappa shape index (κ3) is 4.92. The molecule has 0 N–H and O–H groups in total. The maximum atomic E-state index is 11.8. The van der Waals surface area contributed by atoms with Crippen molar-refractivity contribution in [1.82, 2.24) is 0 Å². The molecule has 1 aromatic rings. The number of ether oxygens (including phenoxy) is 2. The Hall–Kier alpha value is -1.77. The van der Waals surface area contributed by atoms with Crippen LogP contribution < -0.4 is 4.74 Å². The molecule has 0 aliphatic carbocycles. The van der Waals surface area contributed by atoms with E-state index in [-0.39, 0.29) is 5.97 Å². The molecule has 116 valence electrons. The van der Waals surface area contributed by atoms with Crippen molar-refractivity contribution >= 4 is 5.97 Å². The minimum absolute atomic E-state index is 0.160. The van der Waals surface area contributed by atoms with Gasteiger partial charge >= 0.3 is 5.97 Å². The molecule has 0 aliphatic heterocycles. The van der Waals surface area contributed by atoms with E-state index in [0.717, 1.165) is 18.6 Å². The number of benzene rings is 1. The Morgan fingerprint density at radius 3 is 2.43 bits per heavy atom. The van der Waals surface area contributed by atoms with Crippen molar-refractivity contribution in [3.63, 3.8) is 0 Å². The maximum Gasteiger partial charge on any atom is 0.311 e. The lowest BCUT2D eigenvalue weighted by Crippen LogP contribution is -2.27. The van der Waals surface area contributed by atoms with Gasteiger partial charge in [-0.3, -0.25) is 4.79 Å². The van der Waals surface area contributed by atoms with Crippen molar-refractivity contribution in [1.29, 1.82) is 0 Å². The summed E-state index contributed by atoms with van der Waals surface area (Å²) in [6.45, 7) is 10.1. The Balaban J connectivity index is 2.80. The van der Waals surface area contributed by atoms with Crippen LogP contribution in [0.1, 0.15) is 45.1 Å². The third-order valence-corrected chi connectivity index (χ3v) is 3.71. The molecule has 0 aliphatic rings. The number of hydrogen-bond acceptors (Lipinski definition) is 3. The first kappa shape index (κ1) is 17.3. The molecule has 1 aromatic carbocycles. The monoisotopic (exact) mass is 290 g/mol. The smallest absolute Gasteiger partial charge is 0.311 e. The highest BCUT2D eigenvalue weighted by Gasteiger charge is 2.31. The highest BCUT2D eigenvalue weighted by molar-refractivity contribution is 5.75. The summed E-state index contributed by atoms with van der Waals surface area (Å²) in [4.78, 5) is 11.8. The van der Waals surface area contributed by atoms with E-state index in [1.165, 1.54) is 12.7 Å². The summed E-state index contributed by atoms with van der Waals surface area (Å²) >= 11 is 0. The molecule has 0 amide bonds. The molecule has 0 radical (unpaired) electrons. The fraction of sp³-hybridized carbons (Fsp3) is 0.500. The van der Waals surface area contributed by atoms with Gasteiger partial charge in [-0.2, -0.15) is 0 Å². The zero-order valence-electron chi connectivity index (χ0n) is 13.5. The highest BCUT2D eigenvalue weighted by atomic mass is 16.5. The Morgan fingerprint density at radius 2 is 1.95 bits per heavy atom. The summed E-state index contributed by atoms with van der Waals surface area (Å²) in [6, 6.07) is 8.07. The van der Waals surface area contributed by atoms with Crippen LogP contribution in [0, 0.1) is 5.41 Å². The lowest BCUT2D eigenvalue weighted by molar-refractivity contribution is -0.151. The second-order valence-electron chi connectivity index (χ2n) is 5.85. The van der Waals surface area contributed by atoms with Gasteiger partial charge in [0.1, 0.15) is 12.4 Å².